The molecule has 0 radical (unpaired) electrons. The lowest BCUT2D eigenvalue weighted by molar-refractivity contribution is -0.139. The molecule has 1 amide bonds. The highest BCUT2D eigenvalue weighted by Crippen LogP contribution is 2.36. The zero-order chi connectivity index (χ0) is 24.2. The van der Waals surface area contributed by atoms with Gasteiger partial charge in [0.2, 0.25) is 15.9 Å². The Labute approximate surface area is 191 Å². The minimum Gasteiger partial charge on any atom is -0.496 e. The summed E-state index contributed by atoms with van der Waals surface area (Å²) in [5, 5.41) is 2.87. The largest absolute Gasteiger partial charge is 0.496 e. The van der Waals surface area contributed by atoms with Gasteiger partial charge in [-0.1, -0.05) is 29.8 Å². The van der Waals surface area contributed by atoms with Crippen molar-refractivity contribution >= 4 is 15.9 Å². The summed E-state index contributed by atoms with van der Waals surface area (Å²) < 4.78 is 71.9. The number of carbonyl (C=O) groups is 1. The van der Waals surface area contributed by atoms with Crippen molar-refractivity contribution in [2.24, 2.45) is 5.92 Å². The molecule has 0 atom stereocenters. The number of alkyl halides is 3. The Morgan fingerprint density at radius 3 is 2.45 bits per heavy atom. The van der Waals surface area contributed by atoms with E-state index in [1.807, 2.05) is 25.1 Å². The third-order valence-corrected chi connectivity index (χ3v) is 7.72. The SMILES string of the molecule is COc1ccc(C)cc1CCNC(=O)C1CCN(S(=O)(=O)c2ccccc2C(F)(F)F)CC1. The van der Waals surface area contributed by atoms with E-state index in [1.165, 1.54) is 6.07 Å². The second kappa shape index (κ2) is 10.1. The lowest BCUT2D eigenvalue weighted by Gasteiger charge is -2.31. The molecule has 0 saturated carbocycles. The summed E-state index contributed by atoms with van der Waals surface area (Å²) in [4.78, 5) is 11.8. The van der Waals surface area contributed by atoms with Gasteiger partial charge in [-0.3, -0.25) is 4.79 Å². The molecule has 1 N–H and O–H groups in total. The molecule has 0 aromatic heterocycles. The standard InChI is InChI=1S/C23H27F3N2O4S/c1-16-7-8-20(32-2)18(15-16)9-12-27-22(29)17-10-13-28(14-11-17)33(30,31)21-6-4-3-5-19(21)23(24,25)26/h3-8,15,17H,9-14H2,1-2H3,(H,27,29). The number of ether oxygens (including phenoxy) is 1. The molecule has 0 bridgehead atoms. The predicted molar refractivity (Wildman–Crippen MR) is 117 cm³/mol. The van der Waals surface area contributed by atoms with Gasteiger partial charge in [0, 0.05) is 25.6 Å². The van der Waals surface area contributed by atoms with Crippen LogP contribution in [-0.4, -0.2) is 45.4 Å². The second-order valence-electron chi connectivity index (χ2n) is 8.03. The van der Waals surface area contributed by atoms with E-state index in [9.17, 15) is 26.4 Å². The lowest BCUT2D eigenvalue weighted by Crippen LogP contribution is -2.43. The van der Waals surface area contributed by atoms with Crippen LogP contribution < -0.4 is 10.1 Å². The van der Waals surface area contributed by atoms with Crippen molar-refractivity contribution in [2.45, 2.75) is 37.3 Å². The number of rotatable bonds is 7. The fraction of sp³-hybridized carbons (Fsp3) is 0.435. The van der Waals surface area contributed by atoms with Crippen LogP contribution in [0.5, 0.6) is 5.75 Å². The molecule has 0 aliphatic carbocycles. The maximum Gasteiger partial charge on any atom is 0.417 e. The molecule has 1 heterocycles. The first-order valence-corrected chi connectivity index (χ1v) is 12.1. The molecule has 1 saturated heterocycles. The Morgan fingerprint density at radius 2 is 1.82 bits per heavy atom. The van der Waals surface area contributed by atoms with Crippen molar-refractivity contribution in [1.82, 2.24) is 9.62 Å². The van der Waals surface area contributed by atoms with Gasteiger partial charge in [-0.25, -0.2) is 8.42 Å². The molecular formula is C23H27F3N2O4S. The summed E-state index contributed by atoms with van der Waals surface area (Å²) in [6.45, 7) is 2.34. The van der Waals surface area contributed by atoms with Gasteiger partial charge in [0.15, 0.2) is 0 Å². The van der Waals surface area contributed by atoms with E-state index in [-0.39, 0.29) is 31.8 Å². The average Bonchev–Trinajstić information content (AvgIpc) is 2.78. The molecule has 1 aliphatic heterocycles. The molecule has 1 fully saturated rings. The maximum absolute atomic E-state index is 13.3. The maximum atomic E-state index is 13.3. The highest BCUT2D eigenvalue weighted by Gasteiger charge is 2.40. The van der Waals surface area contributed by atoms with Crippen LogP contribution in [0.3, 0.4) is 0 Å². The van der Waals surface area contributed by atoms with Crippen LogP contribution in [-0.2, 0) is 27.4 Å². The Balaban J connectivity index is 1.58. The summed E-state index contributed by atoms with van der Waals surface area (Å²) in [6, 6.07) is 9.96. The zero-order valence-electron chi connectivity index (χ0n) is 18.5. The molecule has 1 aliphatic rings. The van der Waals surface area contributed by atoms with E-state index in [0.29, 0.717) is 13.0 Å². The molecular weight excluding hydrogens is 457 g/mol. The summed E-state index contributed by atoms with van der Waals surface area (Å²) in [7, 11) is -2.74. The van der Waals surface area contributed by atoms with Crippen LogP contribution in [0.2, 0.25) is 0 Å². The van der Waals surface area contributed by atoms with E-state index < -0.39 is 32.6 Å². The van der Waals surface area contributed by atoms with Gasteiger partial charge >= 0.3 is 6.18 Å². The number of carbonyl (C=O) groups excluding carboxylic acids is 1. The molecule has 0 spiro atoms. The predicted octanol–water partition coefficient (Wildman–Crippen LogP) is 3.78. The Bertz CT molecular complexity index is 1100. The topological polar surface area (TPSA) is 75.7 Å². The van der Waals surface area contributed by atoms with Crippen molar-refractivity contribution in [3.05, 3.63) is 59.2 Å². The third-order valence-electron chi connectivity index (χ3n) is 5.76. The van der Waals surface area contributed by atoms with Crippen molar-refractivity contribution in [3.8, 4) is 5.75 Å². The van der Waals surface area contributed by atoms with E-state index in [2.05, 4.69) is 5.32 Å². The minimum absolute atomic E-state index is 0.0156. The Morgan fingerprint density at radius 1 is 1.15 bits per heavy atom. The van der Waals surface area contributed by atoms with Gasteiger partial charge in [0.05, 0.1) is 17.6 Å². The first kappa shape index (κ1) is 25.0. The van der Waals surface area contributed by atoms with Crippen LogP contribution in [0.25, 0.3) is 0 Å². The molecule has 33 heavy (non-hydrogen) atoms. The van der Waals surface area contributed by atoms with Crippen LogP contribution in [0.4, 0.5) is 13.2 Å². The number of nitrogens with zero attached hydrogens (tertiary/aromatic N) is 1. The third kappa shape index (κ3) is 5.86. The summed E-state index contributed by atoms with van der Waals surface area (Å²) in [6.07, 6.45) is -3.71. The number of hydrogen-bond acceptors (Lipinski definition) is 4. The summed E-state index contributed by atoms with van der Waals surface area (Å²) in [5.74, 6) is 0.163. The smallest absolute Gasteiger partial charge is 0.417 e. The average molecular weight is 485 g/mol. The quantitative estimate of drug-likeness (QED) is 0.649. The summed E-state index contributed by atoms with van der Waals surface area (Å²) in [5.41, 5.74) is 0.872. The first-order valence-electron chi connectivity index (χ1n) is 10.6. The molecule has 180 valence electrons. The number of methoxy groups -OCH3 is 1. The number of nitrogens with one attached hydrogen (secondary N) is 1. The lowest BCUT2D eigenvalue weighted by atomic mass is 9.97. The zero-order valence-corrected chi connectivity index (χ0v) is 19.3. The molecule has 10 heteroatoms. The minimum atomic E-state index is -4.78. The van der Waals surface area contributed by atoms with Crippen molar-refractivity contribution in [1.29, 1.82) is 0 Å². The fourth-order valence-corrected chi connectivity index (χ4v) is 5.67. The molecule has 6 nitrogen and oxygen atoms in total. The molecule has 2 aromatic rings. The van der Waals surface area contributed by atoms with Gasteiger partial charge in [-0.05, 0) is 49.9 Å². The number of sulfonamides is 1. The normalized spacial score (nSPS) is 15.9. The highest BCUT2D eigenvalue weighted by atomic mass is 32.2. The number of benzene rings is 2. The van der Waals surface area contributed by atoms with Crippen molar-refractivity contribution in [3.63, 3.8) is 0 Å². The Hall–Kier alpha value is -2.59. The van der Waals surface area contributed by atoms with Crippen LogP contribution >= 0.6 is 0 Å². The van der Waals surface area contributed by atoms with E-state index in [4.69, 9.17) is 4.74 Å². The molecule has 0 unspecified atom stereocenters. The van der Waals surface area contributed by atoms with Gasteiger partial charge in [-0.15, -0.1) is 0 Å². The number of aryl methyl sites for hydroxylation is 1. The fourth-order valence-electron chi connectivity index (χ4n) is 3.99. The first-order chi connectivity index (χ1) is 15.5. The van der Waals surface area contributed by atoms with Crippen molar-refractivity contribution < 1.29 is 31.1 Å². The van der Waals surface area contributed by atoms with Crippen LogP contribution in [0, 0.1) is 12.8 Å². The number of hydrogen-bond donors (Lipinski definition) is 1. The van der Waals surface area contributed by atoms with Crippen molar-refractivity contribution in [2.75, 3.05) is 26.7 Å². The number of amides is 1. The number of halogens is 3. The molecule has 3 rings (SSSR count). The van der Waals surface area contributed by atoms with Crippen LogP contribution in [0.15, 0.2) is 47.4 Å². The van der Waals surface area contributed by atoms with E-state index in [0.717, 1.165) is 39.4 Å². The van der Waals surface area contributed by atoms with E-state index >= 15 is 0 Å². The number of piperidine rings is 1. The summed E-state index contributed by atoms with van der Waals surface area (Å²) >= 11 is 0. The van der Waals surface area contributed by atoms with Gasteiger partial charge in [0.1, 0.15) is 5.75 Å². The second-order valence-corrected chi connectivity index (χ2v) is 9.93. The van der Waals surface area contributed by atoms with Crippen LogP contribution in [0.1, 0.15) is 29.5 Å². The van der Waals surface area contributed by atoms with Gasteiger partial charge < -0.3 is 10.1 Å². The monoisotopic (exact) mass is 484 g/mol. The molecule has 2 aromatic carbocycles. The highest BCUT2D eigenvalue weighted by molar-refractivity contribution is 7.89. The van der Waals surface area contributed by atoms with Gasteiger partial charge in [0.25, 0.3) is 0 Å². The Kier molecular flexibility index (Phi) is 7.69. The van der Waals surface area contributed by atoms with Gasteiger partial charge in [-0.2, -0.15) is 17.5 Å². The van der Waals surface area contributed by atoms with E-state index in [1.54, 1.807) is 7.11 Å².